The van der Waals surface area contributed by atoms with Crippen LogP contribution >= 0.6 is 0 Å². The fourth-order valence-corrected chi connectivity index (χ4v) is 4.99. The maximum atomic E-state index is 12.5. The fourth-order valence-electron chi connectivity index (χ4n) is 4.99. The predicted octanol–water partition coefficient (Wildman–Crippen LogP) is 1.01. The second-order valence-corrected chi connectivity index (χ2v) is 7.02. The van der Waals surface area contributed by atoms with Gasteiger partial charge in [-0.25, -0.2) is 4.79 Å². The lowest BCUT2D eigenvalue weighted by Crippen LogP contribution is -2.55. The first-order valence-corrected chi connectivity index (χ1v) is 7.67. The summed E-state index contributed by atoms with van der Waals surface area (Å²) in [5.41, 5.74) is 0. The van der Waals surface area contributed by atoms with E-state index in [0.29, 0.717) is 11.8 Å². The smallest absolute Gasteiger partial charge is 0.328 e. The molecule has 0 unspecified atom stereocenters. The zero-order chi connectivity index (χ0) is 14.4. The molecule has 4 aliphatic carbocycles. The summed E-state index contributed by atoms with van der Waals surface area (Å²) < 4.78 is 0. The Labute approximate surface area is 118 Å². The minimum atomic E-state index is -1.19. The highest BCUT2D eigenvalue weighted by atomic mass is 16.4. The minimum Gasteiger partial charge on any atom is -0.480 e. The van der Waals surface area contributed by atoms with Crippen molar-refractivity contribution in [2.45, 2.75) is 51.2 Å². The molecule has 5 nitrogen and oxygen atoms in total. The summed E-state index contributed by atoms with van der Waals surface area (Å²) >= 11 is 0. The number of carbonyl (C=O) groups is 2. The summed E-state index contributed by atoms with van der Waals surface area (Å²) in [5, 5.41) is 21.1. The number of carboxylic acids is 1. The second-order valence-electron chi connectivity index (χ2n) is 7.02. The number of hydrogen-bond donors (Lipinski definition) is 3. The lowest BCUT2D eigenvalue weighted by Gasteiger charge is -2.53. The molecule has 0 saturated heterocycles. The van der Waals surface area contributed by atoms with E-state index in [2.05, 4.69) is 5.32 Å². The summed E-state index contributed by atoms with van der Waals surface area (Å²) in [7, 11) is 0. The maximum Gasteiger partial charge on any atom is 0.328 e. The van der Waals surface area contributed by atoms with Crippen molar-refractivity contribution in [2.24, 2.45) is 29.6 Å². The third-order valence-electron chi connectivity index (χ3n) is 5.58. The molecule has 5 heteroatoms. The Bertz CT molecular complexity index is 392. The highest BCUT2D eigenvalue weighted by molar-refractivity contribution is 5.85. The van der Waals surface area contributed by atoms with E-state index in [0.717, 1.165) is 37.5 Å². The molecule has 1 amide bonds. The molecule has 0 aliphatic heterocycles. The van der Waals surface area contributed by atoms with E-state index in [4.69, 9.17) is 5.11 Å². The lowest BCUT2D eigenvalue weighted by atomic mass is 9.51. The zero-order valence-corrected chi connectivity index (χ0v) is 11.8. The topological polar surface area (TPSA) is 86.6 Å². The van der Waals surface area contributed by atoms with Crippen LogP contribution < -0.4 is 5.32 Å². The first-order chi connectivity index (χ1) is 9.45. The Kier molecular flexibility index (Phi) is 3.48. The van der Waals surface area contributed by atoms with Crippen LogP contribution in [0.4, 0.5) is 0 Å². The molecule has 3 N–H and O–H groups in total. The molecule has 2 atom stereocenters. The molecule has 4 fully saturated rings. The van der Waals surface area contributed by atoms with Crippen molar-refractivity contribution >= 4 is 11.9 Å². The van der Waals surface area contributed by atoms with Crippen LogP contribution in [0.25, 0.3) is 0 Å². The van der Waals surface area contributed by atoms with Gasteiger partial charge in [0.05, 0.1) is 6.10 Å². The van der Waals surface area contributed by atoms with Gasteiger partial charge < -0.3 is 15.5 Å². The molecule has 4 saturated carbocycles. The number of carbonyl (C=O) groups excluding carboxylic acids is 1. The number of aliphatic hydroxyl groups excluding tert-OH is 1. The van der Waals surface area contributed by atoms with Gasteiger partial charge in [-0.05, 0) is 62.7 Å². The normalized spacial score (nSPS) is 41.2. The number of rotatable bonds is 4. The van der Waals surface area contributed by atoms with Crippen LogP contribution in [0.1, 0.15) is 39.0 Å². The van der Waals surface area contributed by atoms with Gasteiger partial charge >= 0.3 is 5.97 Å². The summed E-state index contributed by atoms with van der Waals surface area (Å²) in [6.45, 7) is 1.40. The largest absolute Gasteiger partial charge is 0.480 e. The molecule has 0 radical (unpaired) electrons. The summed E-state index contributed by atoms with van der Waals surface area (Å²) in [6, 6.07) is -1.19. The first-order valence-electron chi connectivity index (χ1n) is 7.67. The van der Waals surface area contributed by atoms with Gasteiger partial charge in [-0.2, -0.15) is 0 Å². The van der Waals surface area contributed by atoms with Gasteiger partial charge in [0, 0.05) is 5.92 Å². The van der Waals surface area contributed by atoms with Crippen LogP contribution in [0.15, 0.2) is 0 Å². The van der Waals surface area contributed by atoms with Gasteiger partial charge in [-0.15, -0.1) is 0 Å². The molecule has 0 spiro atoms. The number of amides is 1. The Morgan fingerprint density at radius 1 is 1.05 bits per heavy atom. The fraction of sp³-hybridized carbons (Fsp3) is 0.867. The Morgan fingerprint density at radius 3 is 1.95 bits per heavy atom. The van der Waals surface area contributed by atoms with Gasteiger partial charge in [0.1, 0.15) is 0 Å². The summed E-state index contributed by atoms with van der Waals surface area (Å²) in [5.74, 6) is 1.05. The van der Waals surface area contributed by atoms with Gasteiger partial charge in [-0.3, -0.25) is 4.79 Å². The molecule has 0 aromatic carbocycles. The molecule has 0 aromatic heterocycles. The number of hydrogen-bond acceptors (Lipinski definition) is 3. The molecule has 20 heavy (non-hydrogen) atoms. The van der Waals surface area contributed by atoms with Crippen LogP contribution in [0.5, 0.6) is 0 Å². The molecule has 4 bridgehead atoms. The highest BCUT2D eigenvalue weighted by Gasteiger charge is 2.51. The third kappa shape index (κ3) is 2.32. The molecular weight excluding hydrogens is 258 g/mol. The van der Waals surface area contributed by atoms with Crippen molar-refractivity contribution in [2.75, 3.05) is 0 Å². The first kappa shape index (κ1) is 13.9. The van der Waals surface area contributed by atoms with Gasteiger partial charge in [0.2, 0.25) is 5.91 Å². The van der Waals surface area contributed by atoms with Gasteiger partial charge in [-0.1, -0.05) is 0 Å². The molecule has 4 aliphatic rings. The Morgan fingerprint density at radius 2 is 1.55 bits per heavy atom. The van der Waals surface area contributed by atoms with Crippen LogP contribution in [0, 0.1) is 29.6 Å². The SMILES string of the molecule is C[C@@H](O)[C@H](NC(=O)C1C2CC3CC(C2)CC1C3)C(=O)O. The van der Waals surface area contributed by atoms with Crippen LogP contribution in [-0.2, 0) is 9.59 Å². The van der Waals surface area contributed by atoms with Gasteiger partial charge in [0.25, 0.3) is 0 Å². The number of carboxylic acid groups (broad SMARTS) is 1. The van der Waals surface area contributed by atoms with Crippen molar-refractivity contribution in [3.05, 3.63) is 0 Å². The van der Waals surface area contributed by atoms with E-state index in [1.165, 1.54) is 13.3 Å². The van der Waals surface area contributed by atoms with Crippen molar-refractivity contribution in [3.63, 3.8) is 0 Å². The van der Waals surface area contributed by atoms with Gasteiger partial charge in [0.15, 0.2) is 6.04 Å². The Hall–Kier alpha value is -1.10. The minimum absolute atomic E-state index is 0.0385. The van der Waals surface area contributed by atoms with Crippen molar-refractivity contribution in [1.82, 2.24) is 5.32 Å². The van der Waals surface area contributed by atoms with E-state index in [1.807, 2.05) is 0 Å². The predicted molar refractivity (Wildman–Crippen MR) is 71.8 cm³/mol. The zero-order valence-electron chi connectivity index (χ0n) is 11.8. The quantitative estimate of drug-likeness (QED) is 0.717. The van der Waals surface area contributed by atoms with Crippen molar-refractivity contribution < 1.29 is 19.8 Å². The van der Waals surface area contributed by atoms with E-state index in [-0.39, 0.29) is 11.8 Å². The summed E-state index contributed by atoms with van der Waals surface area (Å²) in [4.78, 5) is 23.6. The summed E-state index contributed by atoms with van der Waals surface area (Å²) in [6.07, 6.45) is 4.74. The average molecular weight is 281 g/mol. The number of aliphatic hydroxyl groups is 1. The molecular formula is C15H23NO4. The highest BCUT2D eigenvalue weighted by Crippen LogP contribution is 2.56. The second kappa shape index (κ2) is 5.02. The standard InChI is InChI=1S/C15H23NO4/c1-7(17)13(15(19)20)16-14(18)12-10-3-8-2-9(5-10)6-11(12)4-8/h7-13,17H,2-6H2,1H3,(H,16,18)(H,19,20)/t7-,8?,9?,10?,11?,12?,13+/m1/s1. The van der Waals surface area contributed by atoms with Crippen molar-refractivity contribution in [1.29, 1.82) is 0 Å². The number of nitrogens with one attached hydrogen (secondary N) is 1. The van der Waals surface area contributed by atoms with Crippen molar-refractivity contribution in [3.8, 4) is 0 Å². The average Bonchev–Trinajstić information content (AvgIpc) is 2.33. The van der Waals surface area contributed by atoms with E-state index >= 15 is 0 Å². The van der Waals surface area contributed by atoms with E-state index in [9.17, 15) is 14.7 Å². The number of aliphatic carboxylic acids is 1. The lowest BCUT2D eigenvalue weighted by molar-refractivity contribution is -0.149. The monoisotopic (exact) mass is 281 g/mol. The van der Waals surface area contributed by atoms with E-state index in [1.54, 1.807) is 0 Å². The molecule has 0 aromatic rings. The maximum absolute atomic E-state index is 12.5. The van der Waals surface area contributed by atoms with Crippen LogP contribution in [-0.4, -0.2) is 34.2 Å². The van der Waals surface area contributed by atoms with Crippen LogP contribution in [0.3, 0.4) is 0 Å². The molecule has 4 rings (SSSR count). The van der Waals surface area contributed by atoms with Crippen LogP contribution in [0.2, 0.25) is 0 Å². The molecule has 0 heterocycles. The Balaban J connectivity index is 1.70. The van der Waals surface area contributed by atoms with E-state index < -0.39 is 18.1 Å². The third-order valence-corrected chi connectivity index (χ3v) is 5.58. The molecule has 112 valence electrons.